The number of aromatic nitrogens is 1. The van der Waals surface area contributed by atoms with Crippen LogP contribution in [0.5, 0.6) is 5.75 Å². The molecule has 0 unspecified atom stereocenters. The highest BCUT2D eigenvalue weighted by molar-refractivity contribution is 7.21. The molecule has 1 aromatic heterocycles. The molecule has 3 aromatic rings. The van der Waals surface area contributed by atoms with Gasteiger partial charge in [-0.15, -0.1) is 16.2 Å². The number of nitrogens with zero attached hydrogens (tertiary/aromatic N) is 2. The zero-order chi connectivity index (χ0) is 13.2. The molecule has 0 saturated carbocycles. The predicted octanol–water partition coefficient (Wildman–Crippen LogP) is 4.37. The number of benzene rings is 2. The summed E-state index contributed by atoms with van der Waals surface area (Å²) in [4.78, 5) is 15.0. The number of hydrogen-bond acceptors (Lipinski definition) is 5. The first-order valence-electron chi connectivity index (χ1n) is 5.68. The van der Waals surface area contributed by atoms with Gasteiger partial charge >= 0.3 is 0 Å². The van der Waals surface area contributed by atoms with E-state index in [0.29, 0.717) is 5.69 Å². The average molecular weight is 270 g/mol. The van der Waals surface area contributed by atoms with Crippen LogP contribution in [0.1, 0.15) is 0 Å². The number of fused-ring (bicyclic) bond motifs is 1. The first kappa shape index (κ1) is 11.8. The largest absolute Gasteiger partial charge is 0.497 e. The molecule has 94 valence electrons. The van der Waals surface area contributed by atoms with Crippen LogP contribution in [0.3, 0.4) is 0 Å². The average Bonchev–Trinajstić information content (AvgIpc) is 2.90. The molecule has 0 amide bonds. The summed E-state index contributed by atoms with van der Waals surface area (Å²) in [6.07, 6.45) is 0. The summed E-state index contributed by atoms with van der Waals surface area (Å²) in [6.45, 7) is 0. The van der Waals surface area contributed by atoms with Crippen molar-refractivity contribution in [3.8, 4) is 16.3 Å². The fourth-order valence-electron chi connectivity index (χ4n) is 1.82. The number of thiazole rings is 1. The van der Waals surface area contributed by atoms with Crippen LogP contribution in [0.4, 0.5) is 5.69 Å². The van der Waals surface area contributed by atoms with E-state index < -0.39 is 0 Å². The summed E-state index contributed by atoms with van der Waals surface area (Å²) in [5.74, 6) is 0.796. The molecule has 0 aliphatic carbocycles. The van der Waals surface area contributed by atoms with Crippen LogP contribution < -0.4 is 4.74 Å². The van der Waals surface area contributed by atoms with Gasteiger partial charge in [-0.3, -0.25) is 0 Å². The minimum atomic E-state index is 0.423. The summed E-state index contributed by atoms with van der Waals surface area (Å²) in [6, 6.07) is 12.9. The summed E-state index contributed by atoms with van der Waals surface area (Å²) in [7, 11) is 1.64. The van der Waals surface area contributed by atoms with E-state index >= 15 is 0 Å². The van der Waals surface area contributed by atoms with E-state index in [1.165, 1.54) is 0 Å². The van der Waals surface area contributed by atoms with E-state index in [0.717, 1.165) is 26.5 Å². The predicted molar refractivity (Wildman–Crippen MR) is 77.1 cm³/mol. The van der Waals surface area contributed by atoms with Crippen LogP contribution in [0.15, 0.2) is 47.6 Å². The minimum Gasteiger partial charge on any atom is -0.497 e. The normalized spacial score (nSPS) is 10.6. The van der Waals surface area contributed by atoms with Crippen molar-refractivity contribution in [3.05, 3.63) is 47.4 Å². The first-order valence-corrected chi connectivity index (χ1v) is 6.50. The molecular weight excluding hydrogens is 260 g/mol. The molecule has 0 atom stereocenters. The Labute approximate surface area is 113 Å². The highest BCUT2D eigenvalue weighted by atomic mass is 32.1. The van der Waals surface area contributed by atoms with Gasteiger partial charge in [-0.1, -0.05) is 0 Å². The van der Waals surface area contributed by atoms with Crippen molar-refractivity contribution in [3.63, 3.8) is 0 Å². The molecule has 0 aliphatic heterocycles. The Balaban J connectivity index is 2.06. The second-order valence-corrected chi connectivity index (χ2v) is 5.02. The Morgan fingerprint density at radius 3 is 2.63 bits per heavy atom. The van der Waals surface area contributed by atoms with E-state index in [-0.39, 0.29) is 0 Å². The number of hydrogen-bond donors (Lipinski definition) is 0. The van der Waals surface area contributed by atoms with Gasteiger partial charge in [-0.25, -0.2) is 4.98 Å². The molecule has 1 heterocycles. The molecule has 4 nitrogen and oxygen atoms in total. The molecule has 0 N–H and O–H groups in total. The van der Waals surface area contributed by atoms with Crippen LogP contribution in [0.25, 0.3) is 20.8 Å². The SMILES string of the molecule is COc1ccc2sc(-c3ccc(N=O)cc3)nc2c1. The van der Waals surface area contributed by atoms with Crippen LogP contribution in [0, 0.1) is 4.91 Å². The van der Waals surface area contributed by atoms with Crippen LogP contribution >= 0.6 is 11.3 Å². The van der Waals surface area contributed by atoms with Crippen molar-refractivity contribution in [2.24, 2.45) is 5.18 Å². The Hall–Kier alpha value is -2.27. The minimum absolute atomic E-state index is 0.423. The monoisotopic (exact) mass is 270 g/mol. The van der Waals surface area contributed by atoms with Crippen LogP contribution in [-0.2, 0) is 0 Å². The first-order chi connectivity index (χ1) is 9.30. The molecule has 2 aromatic carbocycles. The number of rotatable bonds is 3. The summed E-state index contributed by atoms with van der Waals surface area (Å²) in [5, 5.41) is 3.80. The van der Waals surface area contributed by atoms with Gasteiger partial charge < -0.3 is 4.74 Å². The van der Waals surface area contributed by atoms with Crippen LogP contribution in [-0.4, -0.2) is 12.1 Å². The molecule has 3 rings (SSSR count). The third-order valence-corrected chi connectivity index (χ3v) is 3.90. The molecule has 0 saturated heterocycles. The van der Waals surface area contributed by atoms with Gasteiger partial charge in [0.05, 0.1) is 17.3 Å². The van der Waals surface area contributed by atoms with Gasteiger partial charge in [0.2, 0.25) is 0 Å². The molecule has 0 spiro atoms. The van der Waals surface area contributed by atoms with Gasteiger partial charge in [0.1, 0.15) is 16.4 Å². The van der Waals surface area contributed by atoms with Crippen LogP contribution in [0.2, 0.25) is 0 Å². The lowest BCUT2D eigenvalue weighted by molar-refractivity contribution is 0.415. The Bertz CT molecular complexity index is 735. The van der Waals surface area contributed by atoms with Crippen molar-refractivity contribution in [1.29, 1.82) is 0 Å². The van der Waals surface area contributed by atoms with Gasteiger partial charge in [0, 0.05) is 11.6 Å². The smallest absolute Gasteiger partial charge is 0.124 e. The van der Waals surface area contributed by atoms with Gasteiger partial charge in [-0.2, -0.15) is 0 Å². The van der Waals surface area contributed by atoms with Gasteiger partial charge in [0.25, 0.3) is 0 Å². The van der Waals surface area contributed by atoms with Crippen molar-refractivity contribution in [2.75, 3.05) is 7.11 Å². The Kier molecular flexibility index (Phi) is 2.97. The van der Waals surface area contributed by atoms with Crippen molar-refractivity contribution in [2.45, 2.75) is 0 Å². The second-order valence-electron chi connectivity index (χ2n) is 3.99. The zero-order valence-corrected chi connectivity index (χ0v) is 11.0. The van der Waals surface area contributed by atoms with E-state index in [2.05, 4.69) is 10.2 Å². The molecule has 0 bridgehead atoms. The zero-order valence-electron chi connectivity index (χ0n) is 10.2. The summed E-state index contributed by atoms with van der Waals surface area (Å²) in [5.41, 5.74) is 2.32. The highest BCUT2D eigenvalue weighted by Crippen LogP contribution is 2.32. The topological polar surface area (TPSA) is 51.5 Å². The maximum Gasteiger partial charge on any atom is 0.124 e. The molecule has 19 heavy (non-hydrogen) atoms. The van der Waals surface area contributed by atoms with Gasteiger partial charge in [0.15, 0.2) is 0 Å². The lowest BCUT2D eigenvalue weighted by atomic mass is 10.2. The fraction of sp³-hybridized carbons (Fsp3) is 0.0714. The molecular formula is C14H10N2O2S. The summed E-state index contributed by atoms with van der Waals surface area (Å²) >= 11 is 1.61. The number of methoxy groups -OCH3 is 1. The van der Waals surface area contributed by atoms with Crippen molar-refractivity contribution >= 4 is 27.2 Å². The Morgan fingerprint density at radius 1 is 1.16 bits per heavy atom. The maximum absolute atomic E-state index is 10.4. The maximum atomic E-state index is 10.4. The molecule has 0 aliphatic rings. The fourth-order valence-corrected chi connectivity index (χ4v) is 2.77. The standard InChI is InChI=1S/C14H10N2O2S/c1-18-11-6-7-13-12(8-11)15-14(19-13)9-2-4-10(16-17)5-3-9/h2-8H,1H3. The second kappa shape index (κ2) is 4.78. The van der Waals surface area contributed by atoms with Crippen molar-refractivity contribution in [1.82, 2.24) is 4.98 Å². The third-order valence-electron chi connectivity index (χ3n) is 2.81. The molecule has 0 radical (unpaired) electrons. The highest BCUT2D eigenvalue weighted by Gasteiger charge is 2.07. The Morgan fingerprint density at radius 2 is 1.95 bits per heavy atom. The lowest BCUT2D eigenvalue weighted by Gasteiger charge is -1.96. The van der Waals surface area contributed by atoms with E-state index in [1.807, 2.05) is 30.3 Å². The van der Waals surface area contributed by atoms with E-state index in [9.17, 15) is 4.91 Å². The van der Waals surface area contributed by atoms with Gasteiger partial charge in [-0.05, 0) is 41.6 Å². The molecule has 0 fully saturated rings. The number of ether oxygens (including phenoxy) is 1. The summed E-state index contributed by atoms with van der Waals surface area (Å²) < 4.78 is 6.29. The van der Waals surface area contributed by atoms with E-state index in [1.54, 1.807) is 30.6 Å². The molecule has 5 heteroatoms. The third kappa shape index (κ3) is 2.20. The lowest BCUT2D eigenvalue weighted by Crippen LogP contribution is -1.81. The van der Waals surface area contributed by atoms with Crippen molar-refractivity contribution < 1.29 is 4.74 Å². The number of nitroso groups, excluding NO2 is 1. The quantitative estimate of drug-likeness (QED) is 0.664. The van der Waals surface area contributed by atoms with E-state index in [4.69, 9.17) is 4.74 Å².